The molecule has 0 bridgehead atoms. The molecular formula is C17H27Cl2FN2. The molecule has 2 rings (SSSR count). The van der Waals surface area contributed by atoms with Crippen molar-refractivity contribution in [3.05, 3.63) is 34.1 Å². The van der Waals surface area contributed by atoms with E-state index in [4.69, 9.17) is 11.6 Å². The van der Waals surface area contributed by atoms with Gasteiger partial charge in [-0.1, -0.05) is 37.9 Å². The van der Waals surface area contributed by atoms with Gasteiger partial charge in [-0.05, 0) is 30.9 Å². The number of hydrogen-bond donors (Lipinski definition) is 1. The van der Waals surface area contributed by atoms with Crippen molar-refractivity contribution in [2.45, 2.75) is 39.7 Å². The van der Waals surface area contributed by atoms with Crippen molar-refractivity contribution < 1.29 is 4.39 Å². The average Bonchev–Trinajstić information content (AvgIpc) is 2.48. The quantitative estimate of drug-likeness (QED) is 0.836. The highest BCUT2D eigenvalue weighted by Gasteiger charge is 2.31. The normalized spacial score (nSPS) is 18.6. The fraction of sp³-hybridized carbons (Fsp3) is 0.647. The smallest absolute Gasteiger partial charge is 0.132 e. The van der Waals surface area contributed by atoms with E-state index in [2.05, 4.69) is 24.1 Å². The van der Waals surface area contributed by atoms with Crippen LogP contribution in [-0.4, -0.2) is 31.1 Å². The lowest BCUT2D eigenvalue weighted by Crippen LogP contribution is -2.47. The molecule has 0 aromatic heterocycles. The summed E-state index contributed by atoms with van der Waals surface area (Å²) in [5.74, 6) is 0.260. The molecule has 0 aliphatic carbocycles. The van der Waals surface area contributed by atoms with Gasteiger partial charge in [-0.15, -0.1) is 12.4 Å². The van der Waals surface area contributed by atoms with Crippen LogP contribution in [0.3, 0.4) is 0 Å². The summed E-state index contributed by atoms with van der Waals surface area (Å²) >= 11 is 6.38. The minimum atomic E-state index is -0.131. The number of rotatable bonds is 5. The topological polar surface area (TPSA) is 15.3 Å². The summed E-state index contributed by atoms with van der Waals surface area (Å²) < 4.78 is 14.7. The molecule has 1 aromatic rings. The molecule has 2 atom stereocenters. The molecule has 1 saturated heterocycles. The van der Waals surface area contributed by atoms with Crippen LogP contribution < -0.4 is 5.32 Å². The van der Waals surface area contributed by atoms with Crippen LogP contribution in [-0.2, 0) is 0 Å². The van der Waals surface area contributed by atoms with Gasteiger partial charge in [-0.25, -0.2) is 4.39 Å². The van der Waals surface area contributed by atoms with E-state index in [1.165, 1.54) is 0 Å². The Morgan fingerprint density at radius 2 is 1.95 bits per heavy atom. The van der Waals surface area contributed by atoms with Crippen molar-refractivity contribution in [2.24, 2.45) is 5.92 Å². The summed E-state index contributed by atoms with van der Waals surface area (Å²) in [6.07, 6.45) is 2.19. The summed E-state index contributed by atoms with van der Waals surface area (Å²) in [7, 11) is 0. The van der Waals surface area contributed by atoms with Crippen molar-refractivity contribution in [3.63, 3.8) is 0 Å². The first kappa shape index (κ1) is 19.7. The SMILES string of the molecule is CCCC(C)[C@H](c1c(Cl)ccc(C)c1F)N1CCNCC1.Cl. The molecule has 0 saturated carbocycles. The molecule has 1 N–H and O–H groups in total. The van der Waals surface area contributed by atoms with Crippen LogP contribution in [0.2, 0.25) is 5.02 Å². The van der Waals surface area contributed by atoms with Crippen molar-refractivity contribution in [1.82, 2.24) is 10.2 Å². The van der Waals surface area contributed by atoms with Gasteiger partial charge in [-0.2, -0.15) is 0 Å². The summed E-state index contributed by atoms with van der Waals surface area (Å²) in [4.78, 5) is 2.39. The average molecular weight is 349 g/mol. The second-order valence-corrected chi connectivity index (χ2v) is 6.50. The van der Waals surface area contributed by atoms with Gasteiger partial charge in [0.1, 0.15) is 5.82 Å². The third kappa shape index (κ3) is 4.35. The van der Waals surface area contributed by atoms with Crippen LogP contribution in [0.1, 0.15) is 43.9 Å². The van der Waals surface area contributed by atoms with E-state index in [1.807, 2.05) is 13.0 Å². The molecule has 1 fully saturated rings. The molecular weight excluding hydrogens is 322 g/mol. The molecule has 0 radical (unpaired) electrons. The summed E-state index contributed by atoms with van der Waals surface area (Å²) in [6, 6.07) is 3.67. The Morgan fingerprint density at radius 1 is 1.32 bits per heavy atom. The second kappa shape index (κ2) is 9.07. The number of halogens is 3. The molecule has 22 heavy (non-hydrogen) atoms. The molecule has 1 aromatic carbocycles. The second-order valence-electron chi connectivity index (χ2n) is 6.09. The number of piperazine rings is 1. The Kier molecular flexibility index (Phi) is 8.12. The maximum Gasteiger partial charge on any atom is 0.132 e. The molecule has 1 aliphatic rings. The Morgan fingerprint density at radius 3 is 2.55 bits per heavy atom. The van der Waals surface area contributed by atoms with Crippen molar-refractivity contribution >= 4 is 24.0 Å². The highest BCUT2D eigenvalue weighted by atomic mass is 35.5. The van der Waals surface area contributed by atoms with Crippen LogP contribution in [0, 0.1) is 18.7 Å². The third-order valence-electron chi connectivity index (χ3n) is 4.44. The lowest BCUT2D eigenvalue weighted by atomic mass is 9.88. The molecule has 0 spiro atoms. The summed E-state index contributed by atoms with van der Waals surface area (Å²) in [6.45, 7) is 10.0. The van der Waals surface area contributed by atoms with E-state index in [-0.39, 0.29) is 24.3 Å². The number of nitrogens with one attached hydrogen (secondary N) is 1. The number of aryl methyl sites for hydroxylation is 1. The highest BCUT2D eigenvalue weighted by Crippen LogP contribution is 2.38. The highest BCUT2D eigenvalue weighted by molar-refractivity contribution is 6.31. The maximum atomic E-state index is 14.7. The number of benzene rings is 1. The van der Waals surface area contributed by atoms with E-state index in [9.17, 15) is 4.39 Å². The van der Waals surface area contributed by atoms with Crippen molar-refractivity contribution in [1.29, 1.82) is 0 Å². The predicted molar refractivity (Wildman–Crippen MR) is 94.7 cm³/mol. The summed E-state index contributed by atoms with van der Waals surface area (Å²) in [5, 5.41) is 3.92. The van der Waals surface area contributed by atoms with Crippen LogP contribution >= 0.6 is 24.0 Å². The van der Waals surface area contributed by atoms with Gasteiger partial charge >= 0.3 is 0 Å². The van der Waals surface area contributed by atoms with Crippen molar-refractivity contribution in [3.8, 4) is 0 Å². The monoisotopic (exact) mass is 348 g/mol. The molecule has 2 nitrogen and oxygen atoms in total. The Labute approximate surface area is 144 Å². The fourth-order valence-corrected chi connectivity index (χ4v) is 3.61. The van der Waals surface area contributed by atoms with Crippen LogP contribution in [0.5, 0.6) is 0 Å². The molecule has 126 valence electrons. The van der Waals surface area contributed by atoms with E-state index < -0.39 is 0 Å². The first-order valence-electron chi connectivity index (χ1n) is 7.95. The largest absolute Gasteiger partial charge is 0.314 e. The van der Waals surface area contributed by atoms with Gasteiger partial charge in [0.05, 0.1) is 0 Å². The Bertz CT molecular complexity index is 476. The van der Waals surface area contributed by atoms with Crippen molar-refractivity contribution in [2.75, 3.05) is 26.2 Å². The first-order chi connectivity index (χ1) is 10.1. The van der Waals surface area contributed by atoms with Gasteiger partial charge in [0, 0.05) is 42.8 Å². The molecule has 1 unspecified atom stereocenters. The Balaban J connectivity index is 0.00000242. The van der Waals surface area contributed by atoms with Gasteiger partial charge in [-0.3, -0.25) is 4.90 Å². The van der Waals surface area contributed by atoms with E-state index >= 15 is 0 Å². The lowest BCUT2D eigenvalue weighted by Gasteiger charge is -2.39. The number of hydrogen-bond acceptors (Lipinski definition) is 2. The minimum absolute atomic E-state index is 0. The van der Waals surface area contributed by atoms with E-state index in [0.29, 0.717) is 22.1 Å². The predicted octanol–water partition coefficient (Wildman–Crippen LogP) is 4.59. The maximum absolute atomic E-state index is 14.7. The number of nitrogens with zero attached hydrogens (tertiary/aromatic N) is 1. The van der Waals surface area contributed by atoms with E-state index in [1.54, 1.807) is 6.07 Å². The molecule has 1 heterocycles. The minimum Gasteiger partial charge on any atom is -0.314 e. The van der Waals surface area contributed by atoms with Gasteiger partial charge in [0.15, 0.2) is 0 Å². The standard InChI is InChI=1S/C17H26ClFN2.ClH/c1-4-5-13(3)17(21-10-8-20-9-11-21)15-14(18)7-6-12(2)16(15)19;/h6-7,13,17,20H,4-5,8-11H2,1-3H3;1H/t13?,17-;/m1./s1. The van der Waals surface area contributed by atoms with Gasteiger partial charge < -0.3 is 5.32 Å². The Hall–Kier alpha value is -0.350. The lowest BCUT2D eigenvalue weighted by molar-refractivity contribution is 0.123. The van der Waals surface area contributed by atoms with Crippen LogP contribution in [0.4, 0.5) is 4.39 Å². The van der Waals surface area contributed by atoms with Gasteiger partial charge in [0.25, 0.3) is 0 Å². The zero-order chi connectivity index (χ0) is 15.4. The summed E-state index contributed by atoms with van der Waals surface area (Å²) in [5.41, 5.74) is 1.37. The van der Waals surface area contributed by atoms with Crippen LogP contribution in [0.15, 0.2) is 12.1 Å². The fourth-order valence-electron chi connectivity index (χ4n) is 3.35. The van der Waals surface area contributed by atoms with Gasteiger partial charge in [0.2, 0.25) is 0 Å². The zero-order valence-electron chi connectivity index (χ0n) is 13.7. The third-order valence-corrected chi connectivity index (χ3v) is 4.77. The first-order valence-corrected chi connectivity index (χ1v) is 8.33. The zero-order valence-corrected chi connectivity index (χ0v) is 15.2. The molecule has 5 heteroatoms. The molecule has 0 amide bonds. The van der Waals surface area contributed by atoms with Crippen LogP contribution in [0.25, 0.3) is 0 Å². The van der Waals surface area contributed by atoms with E-state index in [0.717, 1.165) is 39.0 Å². The molecule has 1 aliphatic heterocycles.